The van der Waals surface area contributed by atoms with E-state index in [4.69, 9.17) is 17.3 Å². The molecule has 0 bridgehead atoms. The van der Waals surface area contributed by atoms with E-state index in [0.29, 0.717) is 0 Å². The Morgan fingerprint density at radius 3 is 2.43 bits per heavy atom. The van der Waals surface area contributed by atoms with Crippen LogP contribution in [0, 0.1) is 17.6 Å². The molecular weight excluding hydrogens is 208 g/mol. The molecule has 0 spiro atoms. The summed E-state index contributed by atoms with van der Waals surface area (Å²) in [5.74, 6) is -0.876. The Morgan fingerprint density at radius 2 is 1.86 bits per heavy atom. The zero-order valence-electron chi connectivity index (χ0n) is 7.43. The second-order valence-electron chi connectivity index (χ2n) is 3.62. The van der Waals surface area contributed by atoms with Gasteiger partial charge in [-0.15, -0.1) is 0 Å². The molecule has 14 heavy (non-hydrogen) atoms. The Hall–Kier alpha value is -0.670. The van der Waals surface area contributed by atoms with Crippen molar-refractivity contribution in [1.82, 2.24) is 0 Å². The van der Waals surface area contributed by atoms with E-state index in [9.17, 15) is 8.78 Å². The van der Waals surface area contributed by atoms with E-state index < -0.39 is 17.7 Å². The SMILES string of the molecule is N[C@H](c1c(F)ccc(F)c1Cl)C1CC1. The Morgan fingerprint density at radius 1 is 1.29 bits per heavy atom. The van der Waals surface area contributed by atoms with E-state index in [1.54, 1.807) is 0 Å². The smallest absolute Gasteiger partial charge is 0.142 e. The highest BCUT2D eigenvalue weighted by Crippen LogP contribution is 2.42. The number of halogens is 3. The highest BCUT2D eigenvalue weighted by atomic mass is 35.5. The average Bonchev–Trinajstić information content (AvgIpc) is 2.95. The Bertz CT molecular complexity index is 363. The fourth-order valence-electron chi connectivity index (χ4n) is 1.54. The molecule has 0 unspecified atom stereocenters. The van der Waals surface area contributed by atoms with Crippen LogP contribution >= 0.6 is 11.6 Å². The van der Waals surface area contributed by atoms with Crippen molar-refractivity contribution in [3.8, 4) is 0 Å². The average molecular weight is 218 g/mol. The minimum absolute atomic E-state index is 0.120. The summed E-state index contributed by atoms with van der Waals surface area (Å²) >= 11 is 5.67. The molecule has 1 atom stereocenters. The maximum atomic E-state index is 13.3. The first-order chi connectivity index (χ1) is 6.61. The van der Waals surface area contributed by atoms with Gasteiger partial charge in [-0.2, -0.15) is 0 Å². The molecule has 76 valence electrons. The predicted molar refractivity (Wildman–Crippen MR) is 51.0 cm³/mol. The minimum Gasteiger partial charge on any atom is -0.324 e. The first-order valence-corrected chi connectivity index (χ1v) is 4.88. The molecule has 1 aromatic carbocycles. The van der Waals surface area contributed by atoms with Crippen molar-refractivity contribution in [2.75, 3.05) is 0 Å². The van der Waals surface area contributed by atoms with Crippen LogP contribution < -0.4 is 5.73 Å². The van der Waals surface area contributed by atoms with Crippen molar-refractivity contribution in [3.63, 3.8) is 0 Å². The van der Waals surface area contributed by atoms with Crippen LogP contribution in [-0.4, -0.2) is 0 Å². The molecule has 2 rings (SSSR count). The molecule has 1 aromatic rings. The number of nitrogens with two attached hydrogens (primary N) is 1. The van der Waals surface area contributed by atoms with Gasteiger partial charge in [-0.05, 0) is 30.9 Å². The van der Waals surface area contributed by atoms with Crippen LogP contribution in [0.1, 0.15) is 24.4 Å². The summed E-state index contributed by atoms with van der Waals surface area (Å²) in [5, 5.41) is -0.176. The van der Waals surface area contributed by atoms with Gasteiger partial charge in [0.25, 0.3) is 0 Å². The number of hydrogen-bond donors (Lipinski definition) is 1. The lowest BCUT2D eigenvalue weighted by Gasteiger charge is -2.13. The van der Waals surface area contributed by atoms with Crippen LogP contribution in [0.4, 0.5) is 8.78 Å². The highest BCUT2D eigenvalue weighted by Gasteiger charge is 2.33. The Balaban J connectivity index is 2.43. The van der Waals surface area contributed by atoms with Gasteiger partial charge in [0.15, 0.2) is 0 Å². The van der Waals surface area contributed by atoms with Crippen molar-refractivity contribution in [2.45, 2.75) is 18.9 Å². The van der Waals surface area contributed by atoms with Gasteiger partial charge < -0.3 is 5.73 Å². The maximum absolute atomic E-state index is 13.3. The first-order valence-electron chi connectivity index (χ1n) is 4.50. The molecule has 0 saturated heterocycles. The molecular formula is C10H10ClF2N. The molecule has 1 aliphatic rings. The van der Waals surface area contributed by atoms with E-state index in [2.05, 4.69) is 0 Å². The van der Waals surface area contributed by atoms with Crippen molar-refractivity contribution in [3.05, 3.63) is 34.4 Å². The summed E-state index contributed by atoms with van der Waals surface area (Å²) in [6.07, 6.45) is 1.93. The van der Waals surface area contributed by atoms with Gasteiger partial charge in [-0.3, -0.25) is 0 Å². The van der Waals surface area contributed by atoms with Gasteiger partial charge >= 0.3 is 0 Å². The Labute approximate surface area is 85.9 Å². The lowest BCUT2D eigenvalue weighted by Crippen LogP contribution is -2.15. The van der Waals surface area contributed by atoms with Gasteiger partial charge in [0, 0.05) is 11.6 Å². The largest absolute Gasteiger partial charge is 0.324 e. The molecule has 4 heteroatoms. The Kier molecular flexibility index (Phi) is 2.45. The normalized spacial score (nSPS) is 18.3. The third-order valence-electron chi connectivity index (χ3n) is 2.54. The van der Waals surface area contributed by atoms with Crippen molar-refractivity contribution in [2.24, 2.45) is 11.7 Å². The van der Waals surface area contributed by atoms with Crippen LogP contribution in [0.15, 0.2) is 12.1 Å². The quantitative estimate of drug-likeness (QED) is 0.758. The molecule has 1 saturated carbocycles. The summed E-state index contributed by atoms with van der Waals surface area (Å²) in [7, 11) is 0. The van der Waals surface area contributed by atoms with Crippen LogP contribution in [-0.2, 0) is 0 Å². The maximum Gasteiger partial charge on any atom is 0.142 e. The second-order valence-corrected chi connectivity index (χ2v) is 4.00. The second kappa shape index (κ2) is 3.48. The first kappa shape index (κ1) is 9.87. The standard InChI is InChI=1S/C10H10ClF2N/c11-9-7(13)4-3-6(12)8(9)10(14)5-1-2-5/h3-5,10H,1-2,14H2/t10-/m0/s1. The lowest BCUT2D eigenvalue weighted by molar-refractivity contribution is 0.540. The van der Waals surface area contributed by atoms with Gasteiger partial charge in [-0.1, -0.05) is 11.6 Å². The van der Waals surface area contributed by atoms with E-state index in [1.807, 2.05) is 0 Å². The van der Waals surface area contributed by atoms with Gasteiger partial charge in [0.05, 0.1) is 5.02 Å². The summed E-state index contributed by atoms with van der Waals surface area (Å²) in [6, 6.07) is 1.61. The summed E-state index contributed by atoms with van der Waals surface area (Å²) in [4.78, 5) is 0. The summed E-state index contributed by atoms with van der Waals surface area (Å²) in [5.41, 5.74) is 5.90. The number of benzene rings is 1. The lowest BCUT2D eigenvalue weighted by atomic mass is 10.0. The topological polar surface area (TPSA) is 26.0 Å². The van der Waals surface area contributed by atoms with E-state index in [0.717, 1.165) is 25.0 Å². The zero-order chi connectivity index (χ0) is 10.3. The molecule has 0 aromatic heterocycles. The van der Waals surface area contributed by atoms with Gasteiger partial charge in [0.2, 0.25) is 0 Å². The molecule has 1 nitrogen and oxygen atoms in total. The fourth-order valence-corrected chi connectivity index (χ4v) is 1.82. The third-order valence-corrected chi connectivity index (χ3v) is 2.93. The monoisotopic (exact) mass is 217 g/mol. The van der Waals surface area contributed by atoms with Gasteiger partial charge in [0.1, 0.15) is 11.6 Å². The summed E-state index contributed by atoms with van der Waals surface area (Å²) < 4.78 is 26.4. The van der Waals surface area contributed by atoms with E-state index in [1.165, 1.54) is 0 Å². The molecule has 0 radical (unpaired) electrons. The molecule has 1 aliphatic carbocycles. The highest BCUT2D eigenvalue weighted by molar-refractivity contribution is 6.31. The molecule has 0 heterocycles. The van der Waals surface area contributed by atoms with Crippen LogP contribution in [0.25, 0.3) is 0 Å². The van der Waals surface area contributed by atoms with Gasteiger partial charge in [-0.25, -0.2) is 8.78 Å². The number of hydrogen-bond acceptors (Lipinski definition) is 1. The number of rotatable bonds is 2. The van der Waals surface area contributed by atoms with E-state index >= 15 is 0 Å². The van der Waals surface area contributed by atoms with Crippen LogP contribution in [0.5, 0.6) is 0 Å². The van der Waals surface area contributed by atoms with Crippen molar-refractivity contribution < 1.29 is 8.78 Å². The zero-order valence-corrected chi connectivity index (χ0v) is 8.19. The predicted octanol–water partition coefficient (Wildman–Crippen LogP) is 3.03. The molecule has 1 fully saturated rings. The fraction of sp³-hybridized carbons (Fsp3) is 0.400. The van der Waals surface area contributed by atoms with Crippen LogP contribution in [0.3, 0.4) is 0 Å². The van der Waals surface area contributed by atoms with Crippen LogP contribution in [0.2, 0.25) is 5.02 Å². The molecule has 2 N–H and O–H groups in total. The van der Waals surface area contributed by atoms with Crippen molar-refractivity contribution in [1.29, 1.82) is 0 Å². The van der Waals surface area contributed by atoms with Crippen molar-refractivity contribution >= 4 is 11.6 Å². The molecule has 0 amide bonds. The van der Waals surface area contributed by atoms with E-state index in [-0.39, 0.29) is 16.5 Å². The minimum atomic E-state index is -0.612. The summed E-state index contributed by atoms with van der Waals surface area (Å²) in [6.45, 7) is 0. The molecule has 0 aliphatic heterocycles. The third kappa shape index (κ3) is 1.62.